The van der Waals surface area contributed by atoms with Crippen LogP contribution in [-0.4, -0.2) is 0 Å². The second-order valence-electron chi connectivity index (χ2n) is 2.05. The van der Waals surface area contributed by atoms with Crippen LogP contribution < -0.4 is 11.3 Å². The van der Waals surface area contributed by atoms with Crippen molar-refractivity contribution in [3.05, 3.63) is 27.3 Å². The molecule has 0 bridgehead atoms. The van der Waals surface area contributed by atoms with E-state index in [0.717, 1.165) is 14.6 Å². The molecule has 1 aromatic carbocycles. The third-order valence-electron chi connectivity index (χ3n) is 1.39. The summed E-state index contributed by atoms with van der Waals surface area (Å²) in [5.74, 6) is 5.35. The van der Waals surface area contributed by atoms with Crippen molar-refractivity contribution in [2.75, 3.05) is 5.43 Å². The first-order valence-corrected chi connectivity index (χ1v) is 5.29. The number of nitrogen functional groups attached to an aromatic ring is 1. The van der Waals surface area contributed by atoms with Gasteiger partial charge in [0.15, 0.2) is 0 Å². The molecule has 1 rings (SSSR count). The van der Waals surface area contributed by atoms with Gasteiger partial charge in [-0.05, 0) is 34.2 Å². The highest BCUT2D eigenvalue weighted by molar-refractivity contribution is 14.1. The average molecular weight is 327 g/mol. The molecule has 0 atom stereocenters. The zero-order valence-electron chi connectivity index (χ0n) is 5.77. The molecule has 11 heavy (non-hydrogen) atoms. The molecular formula is C7H8BrIN2. The lowest BCUT2D eigenvalue weighted by Gasteiger charge is -2.07. The maximum Gasteiger partial charge on any atom is 0.0659 e. The summed E-state index contributed by atoms with van der Waals surface area (Å²) in [6.07, 6.45) is 0. The number of rotatable bonds is 2. The van der Waals surface area contributed by atoms with Gasteiger partial charge in [-0.1, -0.05) is 28.1 Å². The summed E-state index contributed by atoms with van der Waals surface area (Å²) < 4.78 is 1.14. The molecule has 4 heteroatoms. The molecule has 0 saturated heterocycles. The van der Waals surface area contributed by atoms with Crippen LogP contribution in [0.3, 0.4) is 0 Å². The van der Waals surface area contributed by atoms with Gasteiger partial charge < -0.3 is 5.43 Å². The van der Waals surface area contributed by atoms with Crippen molar-refractivity contribution in [3.8, 4) is 0 Å². The highest BCUT2D eigenvalue weighted by atomic mass is 127. The minimum Gasteiger partial charge on any atom is -0.323 e. The molecule has 3 N–H and O–H groups in total. The van der Waals surface area contributed by atoms with Crippen LogP contribution in [-0.2, 0) is 5.33 Å². The molecular weight excluding hydrogens is 319 g/mol. The molecule has 0 aliphatic heterocycles. The number of nitrogens with two attached hydrogens (primary N) is 1. The lowest BCUT2D eigenvalue weighted by Crippen LogP contribution is -2.10. The summed E-state index contributed by atoms with van der Waals surface area (Å²) in [7, 11) is 0. The van der Waals surface area contributed by atoms with Gasteiger partial charge in [0.05, 0.1) is 5.69 Å². The standard InChI is InChI=1S/C7H8BrIN2/c8-4-5-2-1-3-6(9)7(5)11-10/h1-3,11H,4,10H2. The van der Waals surface area contributed by atoms with Gasteiger partial charge in [-0.3, -0.25) is 5.84 Å². The van der Waals surface area contributed by atoms with E-state index in [9.17, 15) is 0 Å². The van der Waals surface area contributed by atoms with Crippen molar-refractivity contribution in [1.29, 1.82) is 0 Å². The first-order chi connectivity index (χ1) is 5.29. The quantitative estimate of drug-likeness (QED) is 0.379. The number of anilines is 1. The Morgan fingerprint density at radius 1 is 1.55 bits per heavy atom. The Hall–Kier alpha value is 0.190. The molecule has 0 heterocycles. The topological polar surface area (TPSA) is 38.0 Å². The zero-order valence-corrected chi connectivity index (χ0v) is 9.52. The number of alkyl halides is 1. The van der Waals surface area contributed by atoms with E-state index in [-0.39, 0.29) is 0 Å². The SMILES string of the molecule is NNc1c(I)cccc1CBr. The van der Waals surface area contributed by atoms with Gasteiger partial charge in [0.1, 0.15) is 0 Å². The maximum atomic E-state index is 5.35. The Morgan fingerprint density at radius 2 is 2.27 bits per heavy atom. The number of hydrazine groups is 1. The number of nitrogens with one attached hydrogen (secondary N) is 1. The van der Waals surface area contributed by atoms with Gasteiger partial charge in [0.2, 0.25) is 0 Å². The lowest BCUT2D eigenvalue weighted by molar-refractivity contribution is 1.29. The monoisotopic (exact) mass is 326 g/mol. The van der Waals surface area contributed by atoms with Crippen LogP contribution in [0.1, 0.15) is 5.56 Å². The van der Waals surface area contributed by atoms with Crippen LogP contribution in [0.2, 0.25) is 0 Å². The summed E-state index contributed by atoms with van der Waals surface area (Å²) in [4.78, 5) is 0. The van der Waals surface area contributed by atoms with Crippen LogP contribution in [0.25, 0.3) is 0 Å². The molecule has 0 spiro atoms. The summed E-state index contributed by atoms with van der Waals surface area (Å²) in [5, 5.41) is 0.823. The van der Waals surface area contributed by atoms with E-state index in [4.69, 9.17) is 5.84 Å². The summed E-state index contributed by atoms with van der Waals surface area (Å²) >= 11 is 5.63. The Bertz CT molecular complexity index is 252. The van der Waals surface area contributed by atoms with E-state index in [2.05, 4.69) is 43.9 Å². The number of benzene rings is 1. The van der Waals surface area contributed by atoms with E-state index < -0.39 is 0 Å². The normalized spacial score (nSPS) is 9.73. The predicted molar refractivity (Wildman–Crippen MR) is 59.6 cm³/mol. The van der Waals surface area contributed by atoms with Crippen molar-refractivity contribution in [2.45, 2.75) is 5.33 Å². The van der Waals surface area contributed by atoms with E-state index in [1.807, 2.05) is 18.2 Å². The van der Waals surface area contributed by atoms with Crippen molar-refractivity contribution in [3.63, 3.8) is 0 Å². The third kappa shape index (κ3) is 2.07. The fourth-order valence-corrected chi connectivity index (χ4v) is 2.02. The van der Waals surface area contributed by atoms with Crippen molar-refractivity contribution >= 4 is 44.2 Å². The minimum atomic E-state index is 0.823. The van der Waals surface area contributed by atoms with E-state index in [0.29, 0.717) is 0 Å². The van der Waals surface area contributed by atoms with Gasteiger partial charge in [-0.15, -0.1) is 0 Å². The fourth-order valence-electron chi connectivity index (χ4n) is 0.842. The molecule has 0 fully saturated rings. The van der Waals surface area contributed by atoms with Crippen molar-refractivity contribution in [1.82, 2.24) is 0 Å². The molecule has 0 aliphatic rings. The van der Waals surface area contributed by atoms with E-state index in [1.165, 1.54) is 5.56 Å². The summed E-state index contributed by atoms with van der Waals surface area (Å²) in [6, 6.07) is 6.06. The molecule has 1 aromatic rings. The molecule has 0 unspecified atom stereocenters. The van der Waals surface area contributed by atoms with Crippen LogP contribution in [0.5, 0.6) is 0 Å². The predicted octanol–water partition coefficient (Wildman–Crippen LogP) is 2.47. The molecule has 0 aliphatic carbocycles. The number of halogens is 2. The second kappa shape index (κ2) is 4.27. The molecule has 0 aromatic heterocycles. The summed E-state index contributed by atoms with van der Waals surface area (Å²) in [5.41, 5.74) is 4.86. The lowest BCUT2D eigenvalue weighted by atomic mass is 10.2. The Kier molecular flexibility index (Phi) is 3.61. The van der Waals surface area contributed by atoms with E-state index >= 15 is 0 Å². The molecule has 2 nitrogen and oxygen atoms in total. The highest BCUT2D eigenvalue weighted by Gasteiger charge is 2.01. The minimum absolute atomic E-state index is 0.823. The van der Waals surface area contributed by atoms with Crippen LogP contribution in [0.4, 0.5) is 5.69 Å². The Balaban J connectivity index is 3.13. The second-order valence-corrected chi connectivity index (χ2v) is 3.77. The average Bonchev–Trinajstić information content (AvgIpc) is 2.04. The largest absolute Gasteiger partial charge is 0.323 e. The van der Waals surface area contributed by atoms with Crippen LogP contribution in [0, 0.1) is 3.57 Å². The van der Waals surface area contributed by atoms with Crippen molar-refractivity contribution < 1.29 is 0 Å². The van der Waals surface area contributed by atoms with Gasteiger partial charge >= 0.3 is 0 Å². The van der Waals surface area contributed by atoms with Gasteiger partial charge in [0, 0.05) is 8.90 Å². The molecule has 0 radical (unpaired) electrons. The summed E-state index contributed by atoms with van der Waals surface area (Å²) in [6.45, 7) is 0. The fraction of sp³-hybridized carbons (Fsp3) is 0.143. The first kappa shape index (κ1) is 9.28. The first-order valence-electron chi connectivity index (χ1n) is 3.09. The molecule has 0 amide bonds. The third-order valence-corrected chi connectivity index (χ3v) is 2.89. The highest BCUT2D eigenvalue weighted by Crippen LogP contribution is 2.23. The van der Waals surface area contributed by atoms with Gasteiger partial charge in [0.25, 0.3) is 0 Å². The van der Waals surface area contributed by atoms with Crippen molar-refractivity contribution in [2.24, 2.45) is 5.84 Å². The van der Waals surface area contributed by atoms with Gasteiger partial charge in [-0.2, -0.15) is 0 Å². The smallest absolute Gasteiger partial charge is 0.0659 e. The Morgan fingerprint density at radius 3 is 2.73 bits per heavy atom. The number of hydrogen-bond donors (Lipinski definition) is 2. The zero-order chi connectivity index (χ0) is 8.27. The molecule has 60 valence electrons. The Labute approximate surface area is 87.8 Å². The van der Waals surface area contributed by atoms with Crippen LogP contribution >= 0.6 is 38.5 Å². The van der Waals surface area contributed by atoms with Crippen LogP contribution in [0.15, 0.2) is 18.2 Å². The number of hydrogen-bond acceptors (Lipinski definition) is 2. The maximum absolute atomic E-state index is 5.35. The van der Waals surface area contributed by atoms with Gasteiger partial charge in [-0.25, -0.2) is 0 Å². The number of para-hydroxylation sites is 1. The van der Waals surface area contributed by atoms with E-state index in [1.54, 1.807) is 0 Å². The molecule has 0 saturated carbocycles.